The van der Waals surface area contributed by atoms with Crippen molar-refractivity contribution >= 4 is 23.6 Å². The van der Waals surface area contributed by atoms with E-state index in [-0.39, 0.29) is 22.5 Å². The number of rotatable bonds is 9. The van der Waals surface area contributed by atoms with Gasteiger partial charge in [-0.3, -0.25) is 4.55 Å². The Labute approximate surface area is 155 Å². The summed E-state index contributed by atoms with van der Waals surface area (Å²) < 4.78 is 31.2. The molecule has 0 aliphatic carbocycles. The van der Waals surface area contributed by atoms with Crippen LogP contribution in [-0.2, 0) is 10.1 Å². The van der Waals surface area contributed by atoms with Crippen molar-refractivity contribution in [2.24, 2.45) is 27.2 Å². The van der Waals surface area contributed by atoms with E-state index in [2.05, 4.69) is 22.2 Å². The third-order valence-corrected chi connectivity index (χ3v) is 4.26. The van der Waals surface area contributed by atoms with Gasteiger partial charge in [-0.05, 0) is 6.92 Å². The minimum atomic E-state index is -4.41. The van der Waals surface area contributed by atoms with Crippen molar-refractivity contribution in [3.8, 4) is 0 Å². The van der Waals surface area contributed by atoms with Gasteiger partial charge in [0.15, 0.2) is 0 Å². The summed E-state index contributed by atoms with van der Waals surface area (Å²) in [6.07, 6.45) is 6.52. The maximum atomic E-state index is 11.1. The quantitative estimate of drug-likeness (QED) is 0.120. The molecule has 141 valence electrons. The average Bonchev–Trinajstić information content (AvgIpc) is 2.57. The Hall–Kier alpha value is -2.30. The van der Waals surface area contributed by atoms with Crippen LogP contribution in [0, 0.1) is 5.41 Å². The van der Waals surface area contributed by atoms with E-state index in [0.29, 0.717) is 5.70 Å². The van der Waals surface area contributed by atoms with Gasteiger partial charge in [0.1, 0.15) is 0 Å². The molecule has 0 bridgehead atoms. The Bertz CT molecular complexity index is 806. The van der Waals surface area contributed by atoms with Crippen LogP contribution in [0.15, 0.2) is 68.8 Å². The molecular weight excluding hydrogens is 353 g/mol. The first-order valence-electron chi connectivity index (χ1n) is 7.52. The van der Waals surface area contributed by atoms with Crippen molar-refractivity contribution in [1.82, 2.24) is 5.43 Å². The van der Waals surface area contributed by atoms with E-state index in [1.165, 1.54) is 6.08 Å². The van der Waals surface area contributed by atoms with Gasteiger partial charge in [-0.1, -0.05) is 0 Å². The SMILES string of the molecule is [B]=CC(C)(C)/C=C\C(=C/C)N=NC(=C)/C(=C\C(N)=C(/C)S(=O)(=O)O)NN. The molecule has 0 amide bonds. The number of hydrazine groups is 1. The molecule has 10 heteroatoms. The van der Waals surface area contributed by atoms with Gasteiger partial charge in [0, 0.05) is 0 Å². The van der Waals surface area contributed by atoms with Crippen LogP contribution in [0.1, 0.15) is 27.7 Å². The van der Waals surface area contributed by atoms with Gasteiger partial charge in [-0.25, -0.2) is 0 Å². The summed E-state index contributed by atoms with van der Waals surface area (Å²) in [7, 11) is 1.14. The molecule has 6 N–H and O–H groups in total. The fraction of sp³-hybridized carbons (Fsp3) is 0.312. The van der Waals surface area contributed by atoms with Gasteiger partial charge < -0.3 is 0 Å². The Morgan fingerprint density at radius 1 is 1.35 bits per heavy atom. The normalized spacial score (nSPS) is 15.3. The predicted octanol–water partition coefficient (Wildman–Crippen LogP) is 1.83. The second kappa shape index (κ2) is 10.0. The Morgan fingerprint density at radius 2 is 1.92 bits per heavy atom. The van der Waals surface area contributed by atoms with Crippen molar-refractivity contribution in [3.05, 3.63) is 58.6 Å². The Kier molecular flexibility index (Phi) is 9.12. The number of nitrogens with zero attached hydrogens (tertiary/aromatic N) is 2. The second-order valence-corrected chi connectivity index (χ2v) is 7.43. The Morgan fingerprint density at radius 3 is 2.35 bits per heavy atom. The standard InChI is InChI=1S/C16H25BN5O3S/c1-6-13(7-8-16(4,5)10-17)22-21-11(2)15(20-19)9-14(18)12(3)26(23,24)25/h6-10,20H,2,18-19H2,1,3-5H3,(H,23,24,25)/b8-7-,13-6+,14-12-,15-9+,22-21?. The van der Waals surface area contributed by atoms with Crippen LogP contribution in [0.2, 0.25) is 0 Å². The first kappa shape index (κ1) is 23.7. The zero-order chi connectivity index (χ0) is 20.5. The van der Waals surface area contributed by atoms with E-state index < -0.39 is 15.0 Å². The molecule has 0 rings (SSSR count). The molecule has 0 aromatic heterocycles. The number of azo groups is 1. The first-order valence-corrected chi connectivity index (χ1v) is 8.96. The minimum absolute atomic E-state index is 0.107. The maximum absolute atomic E-state index is 11.1. The third kappa shape index (κ3) is 8.19. The summed E-state index contributed by atoms with van der Waals surface area (Å²) in [5.74, 6) is 6.94. The summed E-state index contributed by atoms with van der Waals surface area (Å²) in [4.78, 5) is -0.424. The van der Waals surface area contributed by atoms with Crippen LogP contribution in [0.4, 0.5) is 0 Å². The topological polar surface area (TPSA) is 143 Å². The molecule has 26 heavy (non-hydrogen) atoms. The van der Waals surface area contributed by atoms with Gasteiger partial charge in [0.2, 0.25) is 0 Å². The summed E-state index contributed by atoms with van der Waals surface area (Å²) in [6, 6.07) is 0. The van der Waals surface area contributed by atoms with E-state index in [9.17, 15) is 8.42 Å². The summed E-state index contributed by atoms with van der Waals surface area (Å²) in [5.41, 5.74) is 8.19. The molecule has 0 saturated heterocycles. The molecule has 0 fully saturated rings. The number of hydrogen-bond donors (Lipinski definition) is 4. The molecule has 0 aliphatic rings. The van der Waals surface area contributed by atoms with Crippen LogP contribution < -0.4 is 17.0 Å². The van der Waals surface area contributed by atoms with Crippen LogP contribution in [0.25, 0.3) is 0 Å². The fourth-order valence-corrected chi connectivity index (χ4v) is 1.69. The van der Waals surface area contributed by atoms with Gasteiger partial charge in [-0.2, -0.15) is 8.42 Å². The van der Waals surface area contributed by atoms with E-state index in [1.54, 1.807) is 25.0 Å². The molecule has 0 atom stereocenters. The van der Waals surface area contributed by atoms with Crippen LogP contribution in [-0.4, -0.2) is 26.4 Å². The molecule has 8 nitrogen and oxygen atoms in total. The molecule has 1 radical (unpaired) electrons. The molecule has 0 aromatic rings. The molecule has 0 unspecified atom stereocenters. The number of allylic oxidation sites excluding steroid dienone is 5. The number of hydrogen-bond acceptors (Lipinski definition) is 7. The zero-order valence-corrected chi connectivity index (χ0v) is 16.2. The molecule has 0 heterocycles. The fourth-order valence-electron chi connectivity index (χ4n) is 1.33. The van der Waals surface area contributed by atoms with Gasteiger partial charge >= 0.3 is 125 Å². The van der Waals surface area contributed by atoms with Gasteiger partial charge in [0.25, 0.3) is 10.1 Å². The van der Waals surface area contributed by atoms with Gasteiger partial charge in [0.05, 0.1) is 0 Å². The van der Waals surface area contributed by atoms with Crippen molar-refractivity contribution in [1.29, 1.82) is 0 Å². The van der Waals surface area contributed by atoms with E-state index in [1.807, 2.05) is 19.9 Å². The monoisotopic (exact) mass is 378 g/mol. The van der Waals surface area contributed by atoms with Crippen LogP contribution in [0.5, 0.6) is 0 Å². The van der Waals surface area contributed by atoms with Crippen molar-refractivity contribution < 1.29 is 13.0 Å². The zero-order valence-electron chi connectivity index (χ0n) is 15.4. The van der Waals surface area contributed by atoms with Crippen LogP contribution >= 0.6 is 0 Å². The average molecular weight is 378 g/mol. The summed E-state index contributed by atoms with van der Waals surface area (Å²) in [6.45, 7) is 10.5. The first-order chi connectivity index (χ1) is 11.9. The third-order valence-electron chi connectivity index (χ3n) is 3.25. The van der Waals surface area contributed by atoms with Gasteiger partial charge in [-0.15, -0.1) is 0 Å². The molecule has 0 saturated carbocycles. The summed E-state index contributed by atoms with van der Waals surface area (Å²) >= 11 is 0. The number of nitrogens with one attached hydrogen (secondary N) is 1. The second-order valence-electron chi connectivity index (χ2n) is 5.87. The predicted molar refractivity (Wildman–Crippen MR) is 106 cm³/mol. The van der Waals surface area contributed by atoms with E-state index in [0.717, 1.165) is 6.92 Å². The van der Waals surface area contributed by atoms with Crippen molar-refractivity contribution in [2.45, 2.75) is 27.7 Å². The molecule has 0 aromatic carbocycles. The van der Waals surface area contributed by atoms with Crippen molar-refractivity contribution in [2.75, 3.05) is 0 Å². The van der Waals surface area contributed by atoms with Crippen molar-refractivity contribution in [3.63, 3.8) is 0 Å². The molecular formula is C16H25BN5O3S. The Balaban J connectivity index is 5.54. The van der Waals surface area contributed by atoms with Crippen LogP contribution in [0.3, 0.4) is 0 Å². The van der Waals surface area contributed by atoms with E-state index in [4.69, 9.17) is 23.6 Å². The molecule has 0 spiro atoms. The summed E-state index contributed by atoms with van der Waals surface area (Å²) in [5, 5.41) is 7.97. The number of nitrogens with two attached hydrogens (primary N) is 2. The van der Waals surface area contributed by atoms with E-state index >= 15 is 0 Å². The molecule has 0 aliphatic heterocycles.